The van der Waals surface area contributed by atoms with Crippen molar-refractivity contribution in [2.24, 2.45) is 0 Å². The van der Waals surface area contributed by atoms with Crippen molar-refractivity contribution >= 4 is 23.3 Å². The molecule has 0 saturated carbocycles. The average molecular weight is 244 g/mol. The Balaban J connectivity index is 2.78. The Morgan fingerprint density at radius 2 is 2.31 bits per heavy atom. The Morgan fingerprint density at radius 3 is 2.81 bits per heavy atom. The van der Waals surface area contributed by atoms with Gasteiger partial charge in [0.05, 0.1) is 12.4 Å². The van der Waals surface area contributed by atoms with E-state index < -0.39 is 5.60 Å². The molecule has 1 unspecified atom stereocenters. The Hall–Kier alpha value is -1.20. The molecule has 0 saturated heterocycles. The molecule has 1 atom stereocenters. The van der Waals surface area contributed by atoms with E-state index in [1.165, 1.54) is 19.5 Å². The molecule has 1 aromatic rings. The van der Waals surface area contributed by atoms with Crippen molar-refractivity contribution in [2.45, 2.75) is 25.9 Å². The summed E-state index contributed by atoms with van der Waals surface area (Å²) in [4.78, 5) is 19.6. The van der Waals surface area contributed by atoms with E-state index in [4.69, 9.17) is 16.3 Å². The van der Waals surface area contributed by atoms with Crippen LogP contribution in [0.5, 0.6) is 0 Å². The lowest BCUT2D eigenvalue weighted by molar-refractivity contribution is -0.136. The summed E-state index contributed by atoms with van der Waals surface area (Å²) < 4.78 is 5.16. The third-order valence-corrected chi connectivity index (χ3v) is 2.63. The molecule has 88 valence electrons. The third-order valence-electron chi connectivity index (χ3n) is 2.45. The highest BCUT2D eigenvalue weighted by molar-refractivity contribution is 6.29. The quantitative estimate of drug-likeness (QED) is 0.877. The number of nitrogens with zero attached hydrogens (tertiary/aromatic N) is 2. The molecule has 0 aliphatic heterocycles. The van der Waals surface area contributed by atoms with Gasteiger partial charge in [-0.1, -0.05) is 18.5 Å². The van der Waals surface area contributed by atoms with Crippen LogP contribution in [0.3, 0.4) is 0 Å². The van der Waals surface area contributed by atoms with Crippen LogP contribution in [0.15, 0.2) is 12.4 Å². The number of hydrogen-bond donors (Lipinski definition) is 1. The Labute approximate surface area is 99.2 Å². The SMILES string of the molecule is CCC(C)(OC)C(=O)Nc1cncc(Cl)n1. The minimum Gasteiger partial charge on any atom is -0.369 e. The van der Waals surface area contributed by atoms with Crippen molar-refractivity contribution in [3.8, 4) is 0 Å². The van der Waals surface area contributed by atoms with Crippen LogP contribution in [0.2, 0.25) is 5.15 Å². The molecule has 1 rings (SSSR count). The first-order valence-electron chi connectivity index (χ1n) is 4.86. The van der Waals surface area contributed by atoms with Gasteiger partial charge >= 0.3 is 0 Å². The zero-order valence-electron chi connectivity index (χ0n) is 9.45. The van der Waals surface area contributed by atoms with Gasteiger partial charge in [0.15, 0.2) is 5.82 Å². The second-order valence-corrected chi connectivity index (χ2v) is 3.86. The summed E-state index contributed by atoms with van der Waals surface area (Å²) in [7, 11) is 1.49. The van der Waals surface area contributed by atoms with E-state index >= 15 is 0 Å². The maximum atomic E-state index is 11.9. The number of nitrogens with one attached hydrogen (secondary N) is 1. The van der Waals surface area contributed by atoms with Crippen LogP contribution in [-0.4, -0.2) is 28.6 Å². The molecule has 0 spiro atoms. The second-order valence-electron chi connectivity index (χ2n) is 3.47. The van der Waals surface area contributed by atoms with Gasteiger partial charge in [-0.15, -0.1) is 0 Å². The van der Waals surface area contributed by atoms with Crippen LogP contribution in [0.25, 0.3) is 0 Å². The highest BCUT2D eigenvalue weighted by Gasteiger charge is 2.31. The van der Waals surface area contributed by atoms with Crippen LogP contribution < -0.4 is 5.32 Å². The second kappa shape index (κ2) is 5.23. The molecule has 0 aliphatic carbocycles. The number of carbonyl (C=O) groups excluding carboxylic acids is 1. The van der Waals surface area contributed by atoms with Crippen molar-refractivity contribution in [3.63, 3.8) is 0 Å². The zero-order chi connectivity index (χ0) is 12.2. The van der Waals surface area contributed by atoms with Gasteiger partial charge in [0.1, 0.15) is 10.8 Å². The monoisotopic (exact) mass is 243 g/mol. The first-order valence-corrected chi connectivity index (χ1v) is 5.24. The molecule has 0 radical (unpaired) electrons. The van der Waals surface area contributed by atoms with Crippen LogP contribution in [0, 0.1) is 0 Å². The molecule has 1 heterocycles. The minimum atomic E-state index is -0.871. The van der Waals surface area contributed by atoms with Gasteiger partial charge in [-0.05, 0) is 13.3 Å². The number of methoxy groups -OCH3 is 1. The normalized spacial score (nSPS) is 14.2. The molecule has 0 aliphatic rings. The van der Waals surface area contributed by atoms with Crippen LogP contribution in [0.4, 0.5) is 5.82 Å². The summed E-state index contributed by atoms with van der Waals surface area (Å²) in [6.07, 6.45) is 3.38. The van der Waals surface area contributed by atoms with E-state index in [9.17, 15) is 4.79 Å². The van der Waals surface area contributed by atoms with E-state index in [0.29, 0.717) is 12.2 Å². The molecule has 1 N–H and O–H groups in total. The van der Waals surface area contributed by atoms with E-state index in [-0.39, 0.29) is 11.1 Å². The average Bonchev–Trinajstić information content (AvgIpc) is 2.28. The molecular weight excluding hydrogens is 230 g/mol. The highest BCUT2D eigenvalue weighted by atomic mass is 35.5. The largest absolute Gasteiger partial charge is 0.369 e. The lowest BCUT2D eigenvalue weighted by atomic mass is 10.0. The predicted octanol–water partition coefficient (Wildman–Crippen LogP) is 1.88. The maximum absolute atomic E-state index is 11.9. The highest BCUT2D eigenvalue weighted by Crippen LogP contribution is 2.17. The summed E-state index contributed by atoms with van der Waals surface area (Å²) in [5.41, 5.74) is -0.871. The zero-order valence-corrected chi connectivity index (χ0v) is 10.2. The number of ether oxygens (including phenoxy) is 1. The topological polar surface area (TPSA) is 64.1 Å². The molecule has 0 aromatic carbocycles. The Kier molecular flexibility index (Phi) is 4.20. The standard InChI is InChI=1S/C10H14ClN3O2/c1-4-10(2,16-3)9(15)14-8-6-12-5-7(11)13-8/h5-6H,4H2,1-3H3,(H,13,14,15). The Bertz CT molecular complexity index is 380. The molecule has 0 fully saturated rings. The molecule has 0 bridgehead atoms. The van der Waals surface area contributed by atoms with Crippen LogP contribution in [-0.2, 0) is 9.53 Å². The molecule has 5 nitrogen and oxygen atoms in total. The number of amides is 1. The number of anilines is 1. The number of carbonyl (C=O) groups is 1. The van der Waals surface area contributed by atoms with Crippen molar-refractivity contribution in [2.75, 3.05) is 12.4 Å². The summed E-state index contributed by atoms with van der Waals surface area (Å²) in [5.74, 6) is 0.0447. The van der Waals surface area contributed by atoms with Gasteiger partial charge < -0.3 is 10.1 Å². The van der Waals surface area contributed by atoms with Crippen molar-refractivity contribution in [1.29, 1.82) is 0 Å². The number of halogens is 1. The van der Waals surface area contributed by atoms with Gasteiger partial charge in [-0.3, -0.25) is 9.78 Å². The molecule has 16 heavy (non-hydrogen) atoms. The van der Waals surface area contributed by atoms with Gasteiger partial charge in [0, 0.05) is 7.11 Å². The summed E-state index contributed by atoms with van der Waals surface area (Å²) in [6.45, 7) is 3.58. The molecule has 1 amide bonds. The first kappa shape index (κ1) is 12.9. The summed E-state index contributed by atoms with van der Waals surface area (Å²) in [5, 5.41) is 2.83. The van der Waals surface area contributed by atoms with Gasteiger partial charge in [0.25, 0.3) is 5.91 Å². The van der Waals surface area contributed by atoms with E-state index in [2.05, 4.69) is 15.3 Å². The summed E-state index contributed by atoms with van der Waals surface area (Å²) in [6, 6.07) is 0. The predicted molar refractivity (Wildman–Crippen MR) is 61.4 cm³/mol. The maximum Gasteiger partial charge on any atom is 0.257 e. The smallest absolute Gasteiger partial charge is 0.257 e. The fourth-order valence-electron chi connectivity index (χ4n) is 1.05. The Morgan fingerprint density at radius 1 is 1.62 bits per heavy atom. The molecule has 1 aromatic heterocycles. The van der Waals surface area contributed by atoms with E-state index in [0.717, 1.165) is 0 Å². The molecular formula is C10H14ClN3O2. The number of hydrogen-bond acceptors (Lipinski definition) is 4. The number of rotatable bonds is 4. The van der Waals surface area contributed by atoms with Gasteiger partial charge in [-0.25, -0.2) is 4.98 Å². The van der Waals surface area contributed by atoms with E-state index in [1.54, 1.807) is 6.92 Å². The van der Waals surface area contributed by atoms with E-state index in [1.807, 2.05) is 6.92 Å². The number of aromatic nitrogens is 2. The lowest BCUT2D eigenvalue weighted by Gasteiger charge is -2.24. The van der Waals surface area contributed by atoms with Crippen LogP contribution in [0.1, 0.15) is 20.3 Å². The van der Waals surface area contributed by atoms with Crippen molar-refractivity contribution in [1.82, 2.24) is 9.97 Å². The summed E-state index contributed by atoms with van der Waals surface area (Å²) >= 11 is 5.65. The van der Waals surface area contributed by atoms with Crippen molar-refractivity contribution < 1.29 is 9.53 Å². The molecule has 6 heteroatoms. The van der Waals surface area contributed by atoms with Crippen molar-refractivity contribution in [3.05, 3.63) is 17.5 Å². The fourth-order valence-corrected chi connectivity index (χ4v) is 1.20. The minimum absolute atomic E-state index is 0.230. The first-order chi connectivity index (χ1) is 7.51. The lowest BCUT2D eigenvalue weighted by Crippen LogP contribution is -2.41. The fraction of sp³-hybridized carbons (Fsp3) is 0.500. The van der Waals surface area contributed by atoms with Crippen LogP contribution >= 0.6 is 11.6 Å². The van der Waals surface area contributed by atoms with Gasteiger partial charge in [0.2, 0.25) is 0 Å². The van der Waals surface area contributed by atoms with Gasteiger partial charge in [-0.2, -0.15) is 0 Å². The third kappa shape index (κ3) is 2.90.